The molecule has 0 saturated heterocycles. The van der Waals surface area contributed by atoms with Crippen molar-refractivity contribution < 1.29 is 9.53 Å². The van der Waals surface area contributed by atoms with Crippen LogP contribution in [0.5, 0.6) is 5.75 Å². The first-order chi connectivity index (χ1) is 10.2. The molecule has 0 aliphatic heterocycles. The number of likely N-dealkylation sites (N-methyl/N-ethyl adjacent to an activating group) is 1. The molecule has 2 rings (SSSR count). The van der Waals surface area contributed by atoms with Crippen LogP contribution in [0, 0.1) is 0 Å². The summed E-state index contributed by atoms with van der Waals surface area (Å²) in [7, 11) is 3.46. The van der Waals surface area contributed by atoms with Gasteiger partial charge in [0, 0.05) is 17.5 Å². The van der Waals surface area contributed by atoms with Crippen LogP contribution in [-0.2, 0) is 0 Å². The van der Waals surface area contributed by atoms with E-state index in [0.717, 1.165) is 10.4 Å². The van der Waals surface area contributed by atoms with Crippen molar-refractivity contribution in [2.75, 3.05) is 20.7 Å². The summed E-state index contributed by atoms with van der Waals surface area (Å²) >= 11 is 1.45. The zero-order valence-electron chi connectivity index (χ0n) is 12.9. The SMILES string of the molecule is CNC(C)CNC(=O)c1sc(-c2ccccc2)cc1OC.Cl. The molecule has 1 heterocycles. The Kier molecular flexibility index (Phi) is 7.38. The molecule has 0 spiro atoms. The zero-order valence-corrected chi connectivity index (χ0v) is 14.5. The van der Waals surface area contributed by atoms with Gasteiger partial charge >= 0.3 is 0 Å². The van der Waals surface area contributed by atoms with E-state index >= 15 is 0 Å². The molecule has 4 nitrogen and oxygen atoms in total. The van der Waals surface area contributed by atoms with E-state index in [9.17, 15) is 4.79 Å². The molecule has 0 aliphatic carbocycles. The second-order valence-electron chi connectivity index (χ2n) is 4.77. The first-order valence-corrected chi connectivity index (χ1v) is 7.66. The summed E-state index contributed by atoms with van der Waals surface area (Å²) in [4.78, 5) is 13.9. The molecule has 1 atom stereocenters. The third kappa shape index (κ3) is 4.47. The Hall–Kier alpha value is -1.56. The molecule has 120 valence electrons. The normalized spacial score (nSPS) is 11.4. The number of amides is 1. The topological polar surface area (TPSA) is 50.4 Å². The van der Waals surface area contributed by atoms with E-state index in [1.165, 1.54) is 11.3 Å². The largest absolute Gasteiger partial charge is 0.495 e. The quantitative estimate of drug-likeness (QED) is 0.849. The highest BCUT2D eigenvalue weighted by atomic mass is 35.5. The van der Waals surface area contributed by atoms with Gasteiger partial charge in [-0.15, -0.1) is 23.7 Å². The number of ether oxygens (including phenoxy) is 1. The van der Waals surface area contributed by atoms with Crippen LogP contribution in [0.3, 0.4) is 0 Å². The van der Waals surface area contributed by atoms with Gasteiger partial charge in [0.15, 0.2) is 0 Å². The average Bonchev–Trinajstić information content (AvgIpc) is 2.97. The zero-order chi connectivity index (χ0) is 15.2. The second kappa shape index (κ2) is 8.78. The minimum absolute atomic E-state index is 0. The number of hydrogen-bond acceptors (Lipinski definition) is 4. The lowest BCUT2D eigenvalue weighted by molar-refractivity contribution is 0.0952. The molecular weight excluding hydrogens is 320 g/mol. The minimum atomic E-state index is -0.0962. The fourth-order valence-electron chi connectivity index (χ4n) is 1.86. The lowest BCUT2D eigenvalue weighted by Gasteiger charge is -2.11. The molecule has 22 heavy (non-hydrogen) atoms. The fourth-order valence-corrected chi connectivity index (χ4v) is 2.90. The van der Waals surface area contributed by atoms with Gasteiger partial charge in [0.2, 0.25) is 0 Å². The van der Waals surface area contributed by atoms with Crippen molar-refractivity contribution in [2.24, 2.45) is 0 Å². The highest BCUT2D eigenvalue weighted by Crippen LogP contribution is 2.36. The number of thiophene rings is 1. The summed E-state index contributed by atoms with van der Waals surface area (Å²) in [5.41, 5.74) is 1.09. The lowest BCUT2D eigenvalue weighted by atomic mass is 10.2. The third-order valence-corrected chi connectivity index (χ3v) is 4.41. The lowest BCUT2D eigenvalue weighted by Crippen LogP contribution is -2.36. The van der Waals surface area contributed by atoms with Crippen molar-refractivity contribution in [3.63, 3.8) is 0 Å². The third-order valence-electron chi connectivity index (χ3n) is 3.24. The van der Waals surface area contributed by atoms with Crippen LogP contribution in [0.15, 0.2) is 36.4 Å². The summed E-state index contributed by atoms with van der Waals surface area (Å²) in [6, 6.07) is 12.1. The van der Waals surface area contributed by atoms with Crippen LogP contribution in [0.2, 0.25) is 0 Å². The van der Waals surface area contributed by atoms with E-state index in [4.69, 9.17) is 4.74 Å². The number of carbonyl (C=O) groups excluding carboxylic acids is 1. The Balaban J connectivity index is 0.00000242. The molecule has 0 fully saturated rings. The molecule has 2 aromatic rings. The maximum absolute atomic E-state index is 12.3. The van der Waals surface area contributed by atoms with Gasteiger partial charge in [-0.3, -0.25) is 4.79 Å². The van der Waals surface area contributed by atoms with Crippen molar-refractivity contribution in [1.82, 2.24) is 10.6 Å². The minimum Gasteiger partial charge on any atom is -0.495 e. The smallest absolute Gasteiger partial charge is 0.265 e. The van der Waals surface area contributed by atoms with E-state index < -0.39 is 0 Å². The summed E-state index contributed by atoms with van der Waals surface area (Å²) < 4.78 is 5.34. The number of hydrogen-bond donors (Lipinski definition) is 2. The number of methoxy groups -OCH3 is 1. The monoisotopic (exact) mass is 340 g/mol. The Morgan fingerprint density at radius 3 is 2.59 bits per heavy atom. The summed E-state index contributed by atoms with van der Waals surface area (Å²) in [5.74, 6) is 0.523. The Labute approximate surface area is 141 Å². The Morgan fingerprint density at radius 2 is 2.00 bits per heavy atom. The first-order valence-electron chi connectivity index (χ1n) is 6.84. The van der Waals surface area contributed by atoms with E-state index in [-0.39, 0.29) is 24.4 Å². The highest BCUT2D eigenvalue weighted by Gasteiger charge is 2.18. The second-order valence-corrected chi connectivity index (χ2v) is 5.83. The van der Waals surface area contributed by atoms with Crippen molar-refractivity contribution in [2.45, 2.75) is 13.0 Å². The van der Waals surface area contributed by atoms with Gasteiger partial charge < -0.3 is 15.4 Å². The van der Waals surface area contributed by atoms with E-state index in [1.54, 1.807) is 7.11 Å². The van der Waals surface area contributed by atoms with Crippen LogP contribution in [0.25, 0.3) is 10.4 Å². The molecule has 0 radical (unpaired) electrons. The first kappa shape index (κ1) is 18.5. The van der Waals surface area contributed by atoms with E-state index in [0.29, 0.717) is 17.2 Å². The van der Waals surface area contributed by atoms with E-state index in [2.05, 4.69) is 10.6 Å². The predicted octanol–water partition coefficient (Wildman–Crippen LogP) is 3.18. The van der Waals surface area contributed by atoms with Crippen LogP contribution in [0.4, 0.5) is 0 Å². The van der Waals surface area contributed by atoms with Crippen LogP contribution in [0.1, 0.15) is 16.6 Å². The summed E-state index contributed by atoms with van der Waals surface area (Å²) in [5, 5.41) is 6.01. The summed E-state index contributed by atoms with van der Waals surface area (Å²) in [6.45, 7) is 2.60. The van der Waals surface area contributed by atoms with Gasteiger partial charge in [-0.1, -0.05) is 30.3 Å². The number of benzene rings is 1. The Morgan fingerprint density at radius 1 is 1.32 bits per heavy atom. The molecule has 2 N–H and O–H groups in total. The molecule has 0 aliphatic rings. The predicted molar refractivity (Wildman–Crippen MR) is 94.4 cm³/mol. The molecule has 1 unspecified atom stereocenters. The standard InChI is InChI=1S/C16H20N2O2S.ClH/c1-11(17-2)10-18-16(19)15-13(20-3)9-14(21-15)12-7-5-4-6-8-12;/h4-9,11,17H,10H2,1-3H3,(H,18,19);1H. The highest BCUT2D eigenvalue weighted by molar-refractivity contribution is 7.17. The van der Waals surface area contributed by atoms with Gasteiger partial charge in [-0.25, -0.2) is 0 Å². The van der Waals surface area contributed by atoms with Gasteiger partial charge in [0.25, 0.3) is 5.91 Å². The Bertz CT molecular complexity index is 601. The van der Waals surface area contributed by atoms with Crippen LogP contribution in [-0.4, -0.2) is 32.7 Å². The van der Waals surface area contributed by atoms with E-state index in [1.807, 2.05) is 50.4 Å². The fraction of sp³-hybridized carbons (Fsp3) is 0.312. The maximum atomic E-state index is 12.3. The average molecular weight is 341 g/mol. The molecular formula is C16H21ClN2O2S. The van der Waals surface area contributed by atoms with Gasteiger partial charge in [0.1, 0.15) is 10.6 Å². The molecule has 1 aromatic heterocycles. The molecule has 0 saturated carbocycles. The van der Waals surface area contributed by atoms with Crippen molar-refractivity contribution in [3.05, 3.63) is 41.3 Å². The van der Waals surface area contributed by atoms with Crippen molar-refractivity contribution in [3.8, 4) is 16.2 Å². The van der Waals surface area contributed by atoms with Crippen molar-refractivity contribution in [1.29, 1.82) is 0 Å². The number of nitrogens with one attached hydrogen (secondary N) is 2. The van der Waals surface area contributed by atoms with Crippen LogP contribution >= 0.6 is 23.7 Å². The number of halogens is 1. The van der Waals surface area contributed by atoms with Crippen LogP contribution < -0.4 is 15.4 Å². The molecule has 6 heteroatoms. The number of carbonyl (C=O) groups is 1. The van der Waals surface area contributed by atoms with Gasteiger partial charge in [-0.2, -0.15) is 0 Å². The van der Waals surface area contributed by atoms with Gasteiger partial charge in [-0.05, 0) is 25.6 Å². The molecule has 1 amide bonds. The number of rotatable bonds is 6. The summed E-state index contributed by atoms with van der Waals surface area (Å²) in [6.07, 6.45) is 0. The van der Waals surface area contributed by atoms with Crippen molar-refractivity contribution >= 4 is 29.7 Å². The molecule has 0 bridgehead atoms. The maximum Gasteiger partial charge on any atom is 0.265 e. The van der Waals surface area contributed by atoms with Gasteiger partial charge in [0.05, 0.1) is 7.11 Å². The molecule has 1 aromatic carbocycles.